The second-order valence-corrected chi connectivity index (χ2v) is 9.67. The number of hydrogen-bond donors (Lipinski definition) is 2. The van der Waals surface area contributed by atoms with E-state index in [9.17, 15) is 23.1 Å². The van der Waals surface area contributed by atoms with E-state index in [0.717, 1.165) is 0 Å². The number of amides is 1. The Labute approximate surface area is 169 Å². The monoisotopic (exact) mass is 430 g/mol. The molecule has 1 aliphatic heterocycles. The number of nitrogens with one attached hydrogen (secondary N) is 1. The lowest BCUT2D eigenvalue weighted by atomic mass is 10.1. The molecular formula is C18H26N2O6S2. The van der Waals surface area contributed by atoms with Crippen molar-refractivity contribution in [3.8, 4) is 0 Å². The lowest BCUT2D eigenvalue weighted by molar-refractivity contribution is -0.139. The van der Waals surface area contributed by atoms with Crippen LogP contribution in [0.2, 0.25) is 0 Å². The van der Waals surface area contributed by atoms with E-state index in [1.165, 1.54) is 40.3 Å². The molecule has 0 aromatic heterocycles. The zero-order chi connectivity index (χ0) is 20.9. The normalized spacial score (nSPS) is 21.8. The third-order valence-corrected chi connectivity index (χ3v) is 6.84. The Morgan fingerprint density at radius 2 is 1.82 bits per heavy atom. The highest BCUT2D eigenvalue weighted by Gasteiger charge is 2.32. The number of morpholine rings is 1. The van der Waals surface area contributed by atoms with Crippen molar-refractivity contribution in [1.82, 2.24) is 9.62 Å². The minimum atomic E-state index is -3.69. The summed E-state index contributed by atoms with van der Waals surface area (Å²) in [5.74, 6) is -1.05. The maximum atomic E-state index is 12.8. The number of aliphatic carboxylic acids is 1. The van der Waals surface area contributed by atoms with Gasteiger partial charge in [0.2, 0.25) is 10.0 Å². The molecule has 3 atom stereocenters. The predicted octanol–water partition coefficient (Wildman–Crippen LogP) is 1.42. The van der Waals surface area contributed by atoms with Gasteiger partial charge in [-0.15, -0.1) is 0 Å². The highest BCUT2D eigenvalue weighted by Crippen LogP contribution is 2.21. The molecular weight excluding hydrogens is 404 g/mol. The fraction of sp³-hybridized carbons (Fsp3) is 0.556. The summed E-state index contributed by atoms with van der Waals surface area (Å²) < 4.78 is 32.6. The van der Waals surface area contributed by atoms with Gasteiger partial charge < -0.3 is 15.2 Å². The number of carboxylic acid groups (broad SMARTS) is 1. The first-order valence-corrected chi connectivity index (χ1v) is 11.8. The van der Waals surface area contributed by atoms with Crippen LogP contribution in [0.15, 0.2) is 29.2 Å². The van der Waals surface area contributed by atoms with Gasteiger partial charge in [0.25, 0.3) is 5.91 Å². The number of nitrogens with zero attached hydrogens (tertiary/aromatic N) is 1. The van der Waals surface area contributed by atoms with Crippen molar-refractivity contribution in [1.29, 1.82) is 0 Å². The van der Waals surface area contributed by atoms with Crippen LogP contribution in [0.25, 0.3) is 0 Å². The first kappa shape index (κ1) is 22.7. The van der Waals surface area contributed by atoms with Gasteiger partial charge in [0.15, 0.2) is 0 Å². The number of rotatable bonds is 8. The van der Waals surface area contributed by atoms with Crippen LogP contribution in [0.3, 0.4) is 0 Å². The minimum Gasteiger partial charge on any atom is -0.480 e. The fourth-order valence-corrected chi connectivity index (χ4v) is 5.05. The number of carbonyl (C=O) groups is 2. The van der Waals surface area contributed by atoms with Crippen LogP contribution in [0.5, 0.6) is 0 Å². The molecule has 1 saturated heterocycles. The molecule has 0 unspecified atom stereocenters. The fourth-order valence-electron chi connectivity index (χ4n) is 2.99. The van der Waals surface area contributed by atoms with E-state index >= 15 is 0 Å². The number of sulfonamides is 1. The Bertz CT molecular complexity index is 787. The number of benzene rings is 1. The number of hydrogen-bond acceptors (Lipinski definition) is 6. The second-order valence-electron chi connectivity index (χ2n) is 6.75. The summed E-state index contributed by atoms with van der Waals surface area (Å²) in [6, 6.07) is 4.53. The van der Waals surface area contributed by atoms with Crippen molar-refractivity contribution in [3.63, 3.8) is 0 Å². The summed E-state index contributed by atoms with van der Waals surface area (Å²) >= 11 is 1.49. The maximum Gasteiger partial charge on any atom is 0.326 e. The average Bonchev–Trinajstić information content (AvgIpc) is 2.64. The average molecular weight is 431 g/mol. The zero-order valence-corrected chi connectivity index (χ0v) is 17.8. The lowest BCUT2D eigenvalue weighted by Crippen LogP contribution is -2.48. The molecule has 1 aromatic carbocycles. The summed E-state index contributed by atoms with van der Waals surface area (Å²) in [6.45, 7) is 4.18. The van der Waals surface area contributed by atoms with Crippen molar-refractivity contribution in [3.05, 3.63) is 29.8 Å². The van der Waals surface area contributed by atoms with Crippen molar-refractivity contribution in [2.45, 2.75) is 43.4 Å². The quantitative estimate of drug-likeness (QED) is 0.641. The van der Waals surface area contributed by atoms with E-state index in [4.69, 9.17) is 4.74 Å². The van der Waals surface area contributed by atoms with Gasteiger partial charge in [0.1, 0.15) is 6.04 Å². The third kappa shape index (κ3) is 5.69. The van der Waals surface area contributed by atoms with Gasteiger partial charge in [0, 0.05) is 18.7 Å². The van der Waals surface area contributed by atoms with E-state index in [2.05, 4.69) is 5.32 Å². The molecule has 1 heterocycles. The number of carbonyl (C=O) groups excluding carboxylic acids is 1. The molecule has 1 aliphatic rings. The highest BCUT2D eigenvalue weighted by atomic mass is 32.2. The van der Waals surface area contributed by atoms with Crippen LogP contribution in [-0.2, 0) is 19.6 Å². The Morgan fingerprint density at radius 1 is 1.25 bits per heavy atom. The third-order valence-electron chi connectivity index (χ3n) is 4.35. The summed E-state index contributed by atoms with van der Waals surface area (Å²) in [6.07, 6.45) is 1.77. The van der Waals surface area contributed by atoms with Crippen LogP contribution >= 0.6 is 11.8 Å². The van der Waals surface area contributed by atoms with Crippen LogP contribution < -0.4 is 5.32 Å². The lowest BCUT2D eigenvalue weighted by Gasteiger charge is -2.34. The van der Waals surface area contributed by atoms with Gasteiger partial charge in [-0.1, -0.05) is 0 Å². The molecule has 10 heteroatoms. The largest absolute Gasteiger partial charge is 0.480 e. The molecule has 0 aliphatic carbocycles. The van der Waals surface area contributed by atoms with E-state index in [1.807, 2.05) is 20.1 Å². The summed E-state index contributed by atoms with van der Waals surface area (Å²) in [4.78, 5) is 23.7. The number of thioether (sulfide) groups is 1. The molecule has 1 fully saturated rings. The molecule has 156 valence electrons. The van der Waals surface area contributed by atoms with E-state index in [0.29, 0.717) is 12.2 Å². The standard InChI is InChI=1S/C18H26N2O6S2/c1-12-10-20(11-13(2)26-12)28(24,25)15-6-4-14(5-7-15)17(21)19-16(18(22)23)8-9-27-3/h4-7,12-13,16H,8-11H2,1-3H3,(H,19,21)(H,22,23)/t12-,13-,16-/m0/s1. The SMILES string of the molecule is CSCC[C@H](NC(=O)c1ccc(S(=O)(=O)N2C[C@H](C)O[C@@H](C)C2)cc1)C(=O)O. The molecule has 0 radical (unpaired) electrons. The molecule has 0 saturated carbocycles. The second kappa shape index (κ2) is 9.73. The zero-order valence-electron chi connectivity index (χ0n) is 16.1. The van der Waals surface area contributed by atoms with Gasteiger partial charge in [-0.25, -0.2) is 13.2 Å². The van der Waals surface area contributed by atoms with Crippen molar-refractivity contribution >= 4 is 33.7 Å². The van der Waals surface area contributed by atoms with Crippen LogP contribution in [0.4, 0.5) is 0 Å². The van der Waals surface area contributed by atoms with Crippen LogP contribution in [0, 0.1) is 0 Å². The van der Waals surface area contributed by atoms with Gasteiger partial charge in [-0.2, -0.15) is 16.1 Å². The molecule has 0 spiro atoms. The van der Waals surface area contributed by atoms with Gasteiger partial charge in [-0.05, 0) is 56.5 Å². The molecule has 1 amide bonds. The van der Waals surface area contributed by atoms with Crippen LogP contribution in [0.1, 0.15) is 30.6 Å². The van der Waals surface area contributed by atoms with Gasteiger partial charge in [0.05, 0.1) is 17.1 Å². The van der Waals surface area contributed by atoms with E-state index in [-0.39, 0.29) is 35.8 Å². The minimum absolute atomic E-state index is 0.0857. The predicted molar refractivity (Wildman–Crippen MR) is 107 cm³/mol. The first-order chi connectivity index (χ1) is 13.1. The Hall–Kier alpha value is -1.62. The maximum absolute atomic E-state index is 12.8. The summed E-state index contributed by atoms with van der Waals surface area (Å²) in [5, 5.41) is 11.7. The molecule has 2 N–H and O–H groups in total. The topological polar surface area (TPSA) is 113 Å². The number of ether oxygens (including phenoxy) is 1. The molecule has 2 rings (SSSR count). The summed E-state index contributed by atoms with van der Waals surface area (Å²) in [5.41, 5.74) is 0.207. The number of carboxylic acids is 1. The first-order valence-electron chi connectivity index (χ1n) is 8.93. The van der Waals surface area contributed by atoms with Crippen LogP contribution in [-0.4, -0.2) is 73.1 Å². The highest BCUT2D eigenvalue weighted by molar-refractivity contribution is 7.98. The van der Waals surface area contributed by atoms with Gasteiger partial charge in [-0.3, -0.25) is 4.79 Å². The van der Waals surface area contributed by atoms with Gasteiger partial charge >= 0.3 is 5.97 Å². The smallest absolute Gasteiger partial charge is 0.326 e. The Kier molecular flexibility index (Phi) is 7.87. The molecule has 1 aromatic rings. The summed E-state index contributed by atoms with van der Waals surface area (Å²) in [7, 11) is -3.69. The Morgan fingerprint density at radius 3 is 2.32 bits per heavy atom. The van der Waals surface area contributed by atoms with E-state index in [1.54, 1.807) is 0 Å². The van der Waals surface area contributed by atoms with Crippen molar-refractivity contribution < 1.29 is 27.9 Å². The van der Waals surface area contributed by atoms with Crippen molar-refractivity contribution in [2.75, 3.05) is 25.1 Å². The molecule has 28 heavy (non-hydrogen) atoms. The van der Waals surface area contributed by atoms with Crippen molar-refractivity contribution in [2.24, 2.45) is 0 Å². The molecule has 8 nitrogen and oxygen atoms in total. The molecule has 0 bridgehead atoms. The Balaban J connectivity index is 2.11. The van der Waals surface area contributed by atoms with E-state index < -0.39 is 27.9 Å².